The number of amides is 1. The molecule has 20 nitrogen and oxygen atoms in total. The Labute approximate surface area is 656 Å². The zero-order valence-electron chi connectivity index (χ0n) is 62.4. The largest absolute Gasteiger partial charge is 2.00 e. The smallest absolute Gasteiger partial charge is 0.748 e. The molecule has 1 amide bonds. The van der Waals surface area contributed by atoms with E-state index in [9.17, 15) is 30.7 Å². The van der Waals surface area contributed by atoms with Gasteiger partial charge in [0, 0.05) is 136 Å². The molecule has 0 spiro atoms. The van der Waals surface area contributed by atoms with Gasteiger partial charge in [-0.2, -0.15) is 8.42 Å². The first-order valence-electron chi connectivity index (χ1n) is 36.2. The third kappa shape index (κ3) is 23.2. The molecule has 2 unspecified atom stereocenters. The molecule has 24 heteroatoms. The van der Waals surface area contributed by atoms with Crippen LogP contribution in [0.15, 0.2) is 223 Å². The summed E-state index contributed by atoms with van der Waals surface area (Å²) in [4.78, 5) is 40.7. The molecule has 0 bridgehead atoms. The molecule has 4 aromatic heterocycles. The number of anilines is 1. The van der Waals surface area contributed by atoms with Crippen molar-refractivity contribution in [1.82, 2.24) is 35.1 Å². The van der Waals surface area contributed by atoms with Gasteiger partial charge in [-0.1, -0.05) is 56.3 Å². The van der Waals surface area contributed by atoms with Crippen LogP contribution in [-0.4, -0.2) is 120 Å². The summed E-state index contributed by atoms with van der Waals surface area (Å²) in [6, 6.07) is 49.7. The van der Waals surface area contributed by atoms with Crippen LogP contribution in [0.3, 0.4) is 0 Å². The van der Waals surface area contributed by atoms with E-state index >= 15 is 0 Å². The van der Waals surface area contributed by atoms with E-state index in [2.05, 4.69) is 128 Å². The number of carbonyl (C=O) groups excluding carboxylic acids is 1. The number of benzene rings is 4. The number of rotatable bonds is 36. The number of quaternary nitrogens is 1. The Balaban J connectivity index is 0.00000661. The second kappa shape index (κ2) is 38.8. The van der Waals surface area contributed by atoms with E-state index < -0.39 is 36.8 Å². The van der Waals surface area contributed by atoms with Gasteiger partial charge in [-0.3, -0.25) is 44.0 Å². The summed E-state index contributed by atoms with van der Waals surface area (Å²) < 4.78 is 93.4. The summed E-state index contributed by atoms with van der Waals surface area (Å²) in [6.45, 7) is 14.4. The number of hydrogen-bond acceptors (Lipinski definition) is 17. The van der Waals surface area contributed by atoms with Gasteiger partial charge in [0.1, 0.15) is 40.5 Å². The van der Waals surface area contributed by atoms with Crippen LogP contribution in [0.5, 0.6) is 23.0 Å². The number of methoxy groups -OCH3 is 2. The molecule has 107 heavy (non-hydrogen) atoms. The Kier molecular flexibility index (Phi) is 30.0. The zero-order valence-corrected chi connectivity index (χ0v) is 69.9. The number of carbonyl (C=O) groups is 1. The quantitative estimate of drug-likeness (QED) is 0.0188. The second-order valence-corrected chi connectivity index (χ2v) is 31.4. The monoisotopic (exact) mass is 1590 g/mol. The maximum absolute atomic E-state index is 13.9. The molecular weight excluding hydrogens is 1490 g/mol. The predicted octanol–water partition coefficient (Wildman–Crippen LogP) is 13.1. The molecule has 4 aromatic carbocycles. The Hall–Kier alpha value is -8.14. The maximum atomic E-state index is 13.9. The van der Waals surface area contributed by atoms with Crippen molar-refractivity contribution in [3.05, 3.63) is 274 Å². The van der Waals surface area contributed by atoms with E-state index in [0.717, 1.165) is 102 Å². The van der Waals surface area contributed by atoms with Gasteiger partial charge in [0.2, 0.25) is 0 Å². The molecule has 0 fully saturated rings. The Bertz CT molecular complexity index is 4420. The van der Waals surface area contributed by atoms with E-state index in [4.69, 9.17) is 18.9 Å². The van der Waals surface area contributed by atoms with Crippen molar-refractivity contribution in [1.29, 1.82) is 0 Å². The predicted molar refractivity (Wildman–Crippen MR) is 408 cm³/mol. The van der Waals surface area contributed by atoms with E-state index in [-0.39, 0.29) is 69.5 Å². The van der Waals surface area contributed by atoms with Gasteiger partial charge in [0.05, 0.1) is 71.4 Å². The van der Waals surface area contributed by atoms with E-state index in [1.807, 2.05) is 128 Å². The van der Waals surface area contributed by atoms with Crippen molar-refractivity contribution in [3.8, 4) is 23.0 Å². The molecule has 3 aliphatic rings. The molecule has 3 N–H and O–H groups in total. The van der Waals surface area contributed by atoms with Crippen LogP contribution in [0.2, 0.25) is 0 Å². The van der Waals surface area contributed by atoms with Crippen LogP contribution in [-0.2, 0) is 109 Å². The van der Waals surface area contributed by atoms with Gasteiger partial charge < -0.3 is 33.7 Å². The average molecular weight is 1590 g/mol. The number of hydrogen-bond donors (Lipinski definition) is 3. The molecule has 11 rings (SSSR count). The van der Waals surface area contributed by atoms with Crippen molar-refractivity contribution >= 4 is 37.5 Å². The first kappa shape index (κ1) is 82.9. The summed E-state index contributed by atoms with van der Waals surface area (Å²) >= 11 is 0. The summed E-state index contributed by atoms with van der Waals surface area (Å²) in [5, 5.41) is 3.13. The van der Waals surface area contributed by atoms with Crippen LogP contribution in [0.25, 0.3) is 0 Å². The first-order valence-corrected chi connectivity index (χ1v) is 39.4. The number of unbranched alkanes of at least 4 members (excludes halogenated alkanes) is 3. The van der Waals surface area contributed by atoms with Crippen molar-refractivity contribution in [2.24, 2.45) is 0 Å². The van der Waals surface area contributed by atoms with Gasteiger partial charge in [-0.15, -0.1) is 0 Å². The van der Waals surface area contributed by atoms with Crippen LogP contribution < -0.4 is 34.1 Å². The van der Waals surface area contributed by atoms with Gasteiger partial charge in [-0.05, 0) is 227 Å². The fourth-order valence-electron chi connectivity index (χ4n) is 14.5. The van der Waals surface area contributed by atoms with E-state index in [0.29, 0.717) is 121 Å². The van der Waals surface area contributed by atoms with Crippen molar-refractivity contribution < 1.29 is 93.5 Å². The number of fused-ring (bicyclic) bond motifs is 2. The fraction of sp³-hybridized carbons (Fsp3) is 0.361. The molecule has 0 radical (unpaired) electrons. The molecule has 2 aliphatic heterocycles. The Morgan fingerprint density at radius 2 is 1.19 bits per heavy atom. The summed E-state index contributed by atoms with van der Waals surface area (Å²) in [7, 11) is -5.21. The Morgan fingerprint density at radius 1 is 0.636 bits per heavy atom. The minimum absolute atomic E-state index is 0. The second-order valence-electron chi connectivity index (χ2n) is 28.3. The third-order valence-electron chi connectivity index (χ3n) is 19.8. The first-order chi connectivity index (χ1) is 50.6. The molecule has 8 aromatic rings. The van der Waals surface area contributed by atoms with Crippen LogP contribution >= 0.6 is 0 Å². The normalized spacial score (nSPS) is 16.7. The molecular formula is C83H97N9O11S2Zn2+2. The number of pyridine rings is 4. The van der Waals surface area contributed by atoms with Crippen LogP contribution in [0, 0.1) is 0 Å². The summed E-state index contributed by atoms with van der Waals surface area (Å²) in [6.07, 6.45) is 21.2. The van der Waals surface area contributed by atoms with Crippen molar-refractivity contribution in [2.75, 3.05) is 56.9 Å². The standard InChI is InChI=1S/C83H97N9O11S2.2Zn/c1-82(2)74-53-71(100-5)34-36-76(74)91(45-16-19-48-104(94,95)96)78(82)38-30-63-22-21-23-64(31-39-79-83(3,4)75-54-72(101-6)35-37-77(75)92(79)46-17-20-49-105(97,98)99)80(63)103-70-32-28-65(29-33-70)81(93)88-44-15-18-47-102-73-51-61(55-89(57-66-24-7-11-40-84-66)58-67-25-8-12-41-85-67)50-62(52-73)56-90(59-68-26-9-13-42-86-68)60-69-27-10-14-43-87-69;;/h7-14,24-43,50-54,78H,15-23,44-49,55-60H2,1-6H3,(H,88,93)(H,94,95,96)(H,97,98,99);;/q;;+2/b38-30+,64-31+,79-39+;;. The minimum atomic E-state index is -4.37. The average Bonchev–Trinajstić information content (AvgIpc) is 1.60. The van der Waals surface area contributed by atoms with E-state index in [1.54, 1.807) is 26.4 Å². The summed E-state index contributed by atoms with van der Waals surface area (Å²) in [5.41, 5.74) is 12.8. The maximum Gasteiger partial charge on any atom is 2.00 e. The summed E-state index contributed by atoms with van der Waals surface area (Å²) in [5.74, 6) is 2.49. The number of allylic oxidation sites excluding steroid dienone is 6. The molecule has 0 saturated carbocycles. The van der Waals surface area contributed by atoms with Gasteiger partial charge in [0.15, 0.2) is 0 Å². The molecule has 554 valence electrons. The fourth-order valence-corrected chi connectivity index (χ4v) is 15.7. The molecule has 0 saturated heterocycles. The molecule has 1 aliphatic carbocycles. The number of nitrogens with zero attached hydrogens (tertiary/aromatic N) is 7. The Morgan fingerprint density at radius 3 is 1.73 bits per heavy atom. The zero-order chi connectivity index (χ0) is 74.0. The van der Waals surface area contributed by atoms with Crippen LogP contribution in [0.4, 0.5) is 11.4 Å². The topological polar surface area (TPSA) is 243 Å². The van der Waals surface area contributed by atoms with Gasteiger partial charge in [-0.25, -0.2) is 8.42 Å². The number of nitrogens with one attached hydrogen (secondary N) is 2. The molecule has 2 atom stereocenters. The van der Waals surface area contributed by atoms with Crippen molar-refractivity contribution in [3.63, 3.8) is 0 Å². The van der Waals surface area contributed by atoms with Crippen molar-refractivity contribution in [2.45, 2.75) is 142 Å². The van der Waals surface area contributed by atoms with Gasteiger partial charge >= 0.3 is 19.5 Å². The minimum Gasteiger partial charge on any atom is -0.748 e. The third-order valence-corrected chi connectivity index (χ3v) is 21.4. The van der Waals surface area contributed by atoms with Gasteiger partial charge in [0.25, 0.3) is 16.0 Å². The molecule has 6 heterocycles. The van der Waals surface area contributed by atoms with Crippen LogP contribution in [0.1, 0.15) is 141 Å². The number of aromatic nitrogens is 4. The van der Waals surface area contributed by atoms with E-state index in [1.165, 1.54) is 0 Å². The number of ether oxygens (including phenoxy) is 4. The SMILES string of the molecule is COc1ccc2c(c1)C(C)(C)/C(=C\C=C1/CCCC(/C=C/C3[NH+](CCCCS(=O)(=O)[O-])c4ccc(OC)cc4C3(C)C)=C1Oc1ccc(C(=O)NCCCCOc3cc(CN(Cc4ccccn4)Cc4ccccn4)cc(CN(Cc4ccccn4)Cc4ccccn4)c3)cc1)N2CCCCS(=O)(=O)O.[Zn+2].[Zn].